The lowest BCUT2D eigenvalue weighted by atomic mass is 9.93. The number of sulfone groups is 1. The molecule has 0 bridgehead atoms. The van der Waals surface area contributed by atoms with Crippen LogP contribution in [0.4, 0.5) is 4.39 Å². The predicted molar refractivity (Wildman–Crippen MR) is 74.3 cm³/mol. The third-order valence-electron chi connectivity index (χ3n) is 3.70. The van der Waals surface area contributed by atoms with Crippen molar-refractivity contribution in [3.8, 4) is 0 Å². The Labute approximate surface area is 114 Å². The molecule has 3 nitrogen and oxygen atoms in total. The van der Waals surface area contributed by atoms with E-state index >= 15 is 0 Å². The highest BCUT2D eigenvalue weighted by Gasteiger charge is 2.33. The van der Waals surface area contributed by atoms with Gasteiger partial charge in [0.15, 0.2) is 9.84 Å². The van der Waals surface area contributed by atoms with Gasteiger partial charge in [-0.2, -0.15) is 0 Å². The van der Waals surface area contributed by atoms with E-state index < -0.39 is 9.84 Å². The second-order valence-electron chi connectivity index (χ2n) is 5.12. The van der Waals surface area contributed by atoms with Gasteiger partial charge in [0.2, 0.25) is 0 Å². The molecule has 19 heavy (non-hydrogen) atoms. The summed E-state index contributed by atoms with van der Waals surface area (Å²) >= 11 is 0. The van der Waals surface area contributed by atoms with Gasteiger partial charge >= 0.3 is 0 Å². The Morgan fingerprint density at radius 2 is 2.16 bits per heavy atom. The number of halogens is 1. The van der Waals surface area contributed by atoms with E-state index in [1.807, 2.05) is 13.0 Å². The Balaban J connectivity index is 2.11. The van der Waals surface area contributed by atoms with E-state index in [2.05, 4.69) is 5.32 Å². The summed E-state index contributed by atoms with van der Waals surface area (Å²) in [4.78, 5) is 0. The van der Waals surface area contributed by atoms with Crippen LogP contribution in [0.25, 0.3) is 0 Å². The van der Waals surface area contributed by atoms with Gasteiger partial charge in [-0.3, -0.25) is 0 Å². The van der Waals surface area contributed by atoms with Gasteiger partial charge in [0.25, 0.3) is 0 Å². The number of benzene rings is 1. The largest absolute Gasteiger partial charge is 0.314 e. The van der Waals surface area contributed by atoms with Crippen LogP contribution in [0.5, 0.6) is 0 Å². The minimum absolute atomic E-state index is 0.0270. The molecule has 0 aromatic heterocycles. The van der Waals surface area contributed by atoms with Crippen LogP contribution in [0, 0.1) is 11.7 Å². The van der Waals surface area contributed by atoms with E-state index in [0.717, 1.165) is 6.54 Å². The zero-order valence-corrected chi connectivity index (χ0v) is 11.9. The van der Waals surface area contributed by atoms with Crippen LogP contribution in [0.15, 0.2) is 24.3 Å². The minimum Gasteiger partial charge on any atom is -0.314 e. The second kappa shape index (κ2) is 6.01. The summed E-state index contributed by atoms with van der Waals surface area (Å²) in [6.45, 7) is 2.74. The van der Waals surface area contributed by atoms with E-state index in [0.29, 0.717) is 18.4 Å². The molecule has 0 aliphatic carbocycles. The lowest BCUT2D eigenvalue weighted by Gasteiger charge is -2.23. The van der Waals surface area contributed by atoms with E-state index in [9.17, 15) is 12.8 Å². The first-order valence-electron chi connectivity index (χ1n) is 6.69. The van der Waals surface area contributed by atoms with E-state index in [1.54, 1.807) is 12.1 Å². The highest BCUT2D eigenvalue weighted by molar-refractivity contribution is 7.91. The normalized spacial score (nSPS) is 23.4. The van der Waals surface area contributed by atoms with Crippen molar-refractivity contribution in [2.75, 3.05) is 18.1 Å². The molecule has 5 heteroatoms. The van der Waals surface area contributed by atoms with Gasteiger partial charge in [-0.1, -0.05) is 25.1 Å². The van der Waals surface area contributed by atoms with Crippen LogP contribution >= 0.6 is 0 Å². The van der Waals surface area contributed by atoms with Gasteiger partial charge in [0.1, 0.15) is 5.82 Å². The van der Waals surface area contributed by atoms with Crippen molar-refractivity contribution in [3.63, 3.8) is 0 Å². The molecule has 106 valence electrons. The summed E-state index contributed by atoms with van der Waals surface area (Å²) in [7, 11) is -2.89. The van der Waals surface area contributed by atoms with Crippen LogP contribution in [0.1, 0.15) is 18.9 Å². The fourth-order valence-electron chi connectivity index (χ4n) is 2.71. The summed E-state index contributed by atoms with van der Waals surface area (Å²) in [5.74, 6) is 0.353. The minimum atomic E-state index is -2.89. The third-order valence-corrected chi connectivity index (χ3v) is 5.49. The van der Waals surface area contributed by atoms with Crippen LogP contribution < -0.4 is 5.32 Å². The Bertz CT molecular complexity index is 530. The molecule has 1 saturated heterocycles. The maximum Gasteiger partial charge on any atom is 0.150 e. The molecule has 1 aromatic rings. The first kappa shape index (κ1) is 14.5. The van der Waals surface area contributed by atoms with Crippen LogP contribution in [-0.2, 0) is 16.3 Å². The van der Waals surface area contributed by atoms with E-state index in [-0.39, 0.29) is 29.3 Å². The topological polar surface area (TPSA) is 46.2 Å². The molecule has 0 spiro atoms. The maximum atomic E-state index is 13.7. The average molecular weight is 285 g/mol. The molecule has 1 aliphatic rings. The molecule has 1 aromatic carbocycles. The lowest BCUT2D eigenvalue weighted by molar-refractivity contribution is 0.382. The lowest BCUT2D eigenvalue weighted by Crippen LogP contribution is -2.38. The van der Waals surface area contributed by atoms with Gasteiger partial charge in [0, 0.05) is 6.04 Å². The summed E-state index contributed by atoms with van der Waals surface area (Å²) in [5, 5.41) is 3.31. The maximum absolute atomic E-state index is 13.7. The van der Waals surface area contributed by atoms with Crippen LogP contribution in [0.2, 0.25) is 0 Å². The average Bonchev–Trinajstić information content (AvgIpc) is 2.72. The number of nitrogens with one attached hydrogen (secondary N) is 1. The third kappa shape index (κ3) is 3.76. The predicted octanol–water partition coefficient (Wildman–Crippen LogP) is 1.78. The Hall–Kier alpha value is -0.940. The molecular formula is C14H20FNO2S. The molecule has 0 radical (unpaired) electrons. The van der Waals surface area contributed by atoms with Gasteiger partial charge in [-0.05, 0) is 36.9 Å². The van der Waals surface area contributed by atoms with Crippen molar-refractivity contribution in [1.82, 2.24) is 5.32 Å². The van der Waals surface area contributed by atoms with E-state index in [1.165, 1.54) is 6.07 Å². The Morgan fingerprint density at radius 1 is 1.42 bits per heavy atom. The van der Waals surface area contributed by atoms with Crippen molar-refractivity contribution < 1.29 is 12.8 Å². The molecule has 1 heterocycles. The number of hydrogen-bond acceptors (Lipinski definition) is 3. The molecule has 0 amide bonds. The Morgan fingerprint density at radius 3 is 2.74 bits per heavy atom. The first-order valence-corrected chi connectivity index (χ1v) is 8.51. The van der Waals surface area contributed by atoms with Crippen molar-refractivity contribution in [2.24, 2.45) is 5.92 Å². The monoisotopic (exact) mass is 285 g/mol. The highest BCUT2D eigenvalue weighted by Crippen LogP contribution is 2.24. The fourth-order valence-corrected chi connectivity index (χ4v) is 4.59. The summed E-state index contributed by atoms with van der Waals surface area (Å²) in [5.41, 5.74) is 0.651. The van der Waals surface area contributed by atoms with Crippen LogP contribution in [-0.4, -0.2) is 32.5 Å². The highest BCUT2D eigenvalue weighted by atomic mass is 32.2. The smallest absolute Gasteiger partial charge is 0.150 e. The summed E-state index contributed by atoms with van der Waals surface area (Å²) in [6, 6.07) is 6.72. The number of hydrogen-bond donors (Lipinski definition) is 1. The zero-order valence-electron chi connectivity index (χ0n) is 11.1. The molecule has 2 unspecified atom stereocenters. The SMILES string of the molecule is CCNC(Cc1ccccc1F)C1CCS(=O)(=O)C1. The van der Waals surface area contributed by atoms with Gasteiger partial charge in [0.05, 0.1) is 11.5 Å². The van der Waals surface area contributed by atoms with Crippen molar-refractivity contribution in [2.45, 2.75) is 25.8 Å². The quantitative estimate of drug-likeness (QED) is 0.897. The number of rotatable bonds is 5. The zero-order chi connectivity index (χ0) is 13.9. The fraction of sp³-hybridized carbons (Fsp3) is 0.571. The number of likely N-dealkylation sites (N-methyl/N-ethyl adjacent to an activating group) is 1. The molecule has 2 atom stereocenters. The molecule has 1 fully saturated rings. The Kier molecular flexibility index (Phi) is 4.58. The molecule has 0 saturated carbocycles. The molecular weight excluding hydrogens is 265 g/mol. The van der Waals surface area contributed by atoms with Gasteiger partial charge in [-0.15, -0.1) is 0 Å². The molecule has 2 rings (SSSR count). The first-order chi connectivity index (χ1) is 9.02. The van der Waals surface area contributed by atoms with Crippen LogP contribution in [0.3, 0.4) is 0 Å². The standard InChI is InChI=1S/C14H20FNO2S/c1-2-16-14(12-7-8-19(17,18)10-12)9-11-5-3-4-6-13(11)15/h3-6,12,14,16H,2,7-10H2,1H3. The van der Waals surface area contributed by atoms with E-state index in [4.69, 9.17) is 0 Å². The van der Waals surface area contributed by atoms with Crippen molar-refractivity contribution in [3.05, 3.63) is 35.6 Å². The molecule has 1 aliphatic heterocycles. The van der Waals surface area contributed by atoms with Crippen molar-refractivity contribution in [1.29, 1.82) is 0 Å². The van der Waals surface area contributed by atoms with Gasteiger partial charge in [-0.25, -0.2) is 12.8 Å². The second-order valence-corrected chi connectivity index (χ2v) is 7.35. The van der Waals surface area contributed by atoms with Crippen molar-refractivity contribution >= 4 is 9.84 Å². The summed E-state index contributed by atoms with van der Waals surface area (Å²) < 4.78 is 36.8. The molecule has 1 N–H and O–H groups in total. The summed E-state index contributed by atoms with van der Waals surface area (Å²) in [6.07, 6.45) is 1.22. The van der Waals surface area contributed by atoms with Gasteiger partial charge < -0.3 is 5.32 Å².